The summed E-state index contributed by atoms with van der Waals surface area (Å²) in [5, 5.41) is 6.07. The monoisotopic (exact) mass is 367 g/mol. The van der Waals surface area contributed by atoms with Gasteiger partial charge in [0.25, 0.3) is 0 Å². The molecule has 0 bridgehead atoms. The molecule has 0 aliphatic carbocycles. The third-order valence-electron chi connectivity index (χ3n) is 2.87. The molecule has 0 atom stereocenters. The Morgan fingerprint density at radius 2 is 2.00 bits per heavy atom. The zero-order chi connectivity index (χ0) is 16.8. The van der Waals surface area contributed by atoms with Crippen LogP contribution in [0.1, 0.15) is 13.3 Å². The summed E-state index contributed by atoms with van der Waals surface area (Å²) >= 11 is 11.8. The van der Waals surface area contributed by atoms with Crippen molar-refractivity contribution in [2.45, 2.75) is 13.3 Å². The predicted octanol–water partition coefficient (Wildman–Crippen LogP) is 2.79. The van der Waals surface area contributed by atoms with Crippen molar-refractivity contribution in [1.82, 2.24) is 9.62 Å². The van der Waals surface area contributed by atoms with E-state index in [0.29, 0.717) is 41.8 Å². The quantitative estimate of drug-likeness (QED) is 0.727. The Balaban J connectivity index is 2.39. The van der Waals surface area contributed by atoms with Crippen LogP contribution < -0.4 is 10.6 Å². The average Bonchev–Trinajstić information content (AvgIpc) is 2.41. The molecule has 22 heavy (non-hydrogen) atoms. The number of benzene rings is 1. The van der Waals surface area contributed by atoms with Crippen LogP contribution in [0, 0.1) is 0 Å². The summed E-state index contributed by atoms with van der Waals surface area (Å²) in [7, 11) is -3.20. The molecule has 0 aliphatic rings. The van der Waals surface area contributed by atoms with Crippen molar-refractivity contribution in [2.75, 3.05) is 31.2 Å². The van der Waals surface area contributed by atoms with Gasteiger partial charge in [0.1, 0.15) is 0 Å². The van der Waals surface area contributed by atoms with Crippen molar-refractivity contribution in [3.05, 3.63) is 28.2 Å². The first-order valence-corrected chi connectivity index (χ1v) is 9.29. The molecule has 2 N–H and O–H groups in total. The van der Waals surface area contributed by atoms with Gasteiger partial charge in [0, 0.05) is 24.7 Å². The number of urea groups is 1. The summed E-state index contributed by atoms with van der Waals surface area (Å²) < 4.78 is 24.1. The second-order valence-corrected chi connectivity index (χ2v) is 7.44. The van der Waals surface area contributed by atoms with E-state index in [-0.39, 0.29) is 0 Å². The van der Waals surface area contributed by atoms with Crippen LogP contribution in [-0.4, -0.2) is 44.6 Å². The van der Waals surface area contributed by atoms with Crippen molar-refractivity contribution >= 4 is 44.9 Å². The summed E-state index contributed by atoms with van der Waals surface area (Å²) in [6.45, 7) is 2.87. The fourth-order valence-electron chi connectivity index (χ4n) is 1.78. The molecule has 0 fully saturated rings. The Morgan fingerprint density at radius 1 is 1.32 bits per heavy atom. The van der Waals surface area contributed by atoms with E-state index in [1.165, 1.54) is 4.31 Å². The van der Waals surface area contributed by atoms with Gasteiger partial charge >= 0.3 is 6.03 Å². The third-order valence-corrected chi connectivity index (χ3v) is 4.81. The van der Waals surface area contributed by atoms with Gasteiger partial charge in [0.05, 0.1) is 17.0 Å². The molecular weight excluding hydrogens is 349 g/mol. The van der Waals surface area contributed by atoms with Crippen LogP contribution in [0.2, 0.25) is 10.0 Å². The SMILES string of the molecule is CCN(CCCNC(=O)Nc1cc(Cl)ccc1Cl)S(C)(=O)=O. The van der Waals surface area contributed by atoms with E-state index in [0.717, 1.165) is 6.26 Å². The normalized spacial score (nSPS) is 11.5. The molecule has 1 rings (SSSR count). The fourth-order valence-corrected chi connectivity index (χ4v) is 3.04. The Kier molecular flexibility index (Phi) is 7.41. The molecule has 1 aromatic rings. The first-order chi connectivity index (χ1) is 10.2. The van der Waals surface area contributed by atoms with Gasteiger partial charge in [-0.15, -0.1) is 0 Å². The summed E-state index contributed by atoms with van der Waals surface area (Å²) in [4.78, 5) is 11.7. The van der Waals surface area contributed by atoms with E-state index in [4.69, 9.17) is 23.2 Å². The first-order valence-electron chi connectivity index (χ1n) is 6.69. The van der Waals surface area contributed by atoms with Crippen molar-refractivity contribution in [1.29, 1.82) is 0 Å². The number of carbonyl (C=O) groups excluding carboxylic acids is 1. The maximum Gasteiger partial charge on any atom is 0.319 e. The van der Waals surface area contributed by atoms with Crippen molar-refractivity contribution in [3.8, 4) is 0 Å². The second-order valence-electron chi connectivity index (χ2n) is 4.61. The molecule has 0 heterocycles. The minimum atomic E-state index is -3.20. The smallest absolute Gasteiger partial charge is 0.319 e. The van der Waals surface area contributed by atoms with Crippen LogP contribution in [0.25, 0.3) is 0 Å². The van der Waals surface area contributed by atoms with Crippen LogP contribution in [0.3, 0.4) is 0 Å². The van der Waals surface area contributed by atoms with Gasteiger partial charge in [-0.1, -0.05) is 30.1 Å². The van der Waals surface area contributed by atoms with Crippen LogP contribution in [0.4, 0.5) is 10.5 Å². The number of amides is 2. The molecule has 1 aromatic carbocycles. The number of halogens is 2. The van der Waals surface area contributed by atoms with Crippen LogP contribution in [0.5, 0.6) is 0 Å². The van der Waals surface area contributed by atoms with E-state index in [9.17, 15) is 13.2 Å². The predicted molar refractivity (Wildman–Crippen MR) is 90.2 cm³/mol. The average molecular weight is 368 g/mol. The number of sulfonamides is 1. The lowest BCUT2D eigenvalue weighted by Crippen LogP contribution is -2.34. The maximum atomic E-state index is 11.7. The molecule has 0 radical (unpaired) electrons. The van der Waals surface area contributed by atoms with Gasteiger partial charge in [-0.25, -0.2) is 17.5 Å². The lowest BCUT2D eigenvalue weighted by Gasteiger charge is -2.17. The lowest BCUT2D eigenvalue weighted by atomic mass is 10.3. The molecule has 9 heteroatoms. The molecule has 0 spiro atoms. The Morgan fingerprint density at radius 3 is 2.59 bits per heavy atom. The van der Waals surface area contributed by atoms with E-state index in [1.54, 1.807) is 25.1 Å². The highest BCUT2D eigenvalue weighted by Gasteiger charge is 2.13. The molecule has 6 nitrogen and oxygen atoms in total. The summed E-state index contributed by atoms with van der Waals surface area (Å²) in [6.07, 6.45) is 1.68. The topological polar surface area (TPSA) is 78.5 Å². The van der Waals surface area contributed by atoms with Gasteiger partial charge in [-0.05, 0) is 24.6 Å². The molecular formula is C13H19Cl2N3O3S. The standard InChI is InChI=1S/C13H19Cl2N3O3S/c1-3-18(22(2,20)21)8-4-7-16-13(19)17-12-9-10(14)5-6-11(12)15/h5-6,9H,3-4,7-8H2,1-2H3,(H2,16,17,19). The zero-order valence-electron chi connectivity index (χ0n) is 12.4. The van der Waals surface area contributed by atoms with Crippen molar-refractivity contribution < 1.29 is 13.2 Å². The highest BCUT2D eigenvalue weighted by Crippen LogP contribution is 2.25. The van der Waals surface area contributed by atoms with E-state index in [2.05, 4.69) is 10.6 Å². The summed E-state index contributed by atoms with van der Waals surface area (Å²) in [6, 6.07) is 4.33. The minimum absolute atomic E-state index is 0.343. The van der Waals surface area contributed by atoms with Crippen LogP contribution in [-0.2, 0) is 10.0 Å². The van der Waals surface area contributed by atoms with Crippen molar-refractivity contribution in [2.24, 2.45) is 0 Å². The molecule has 0 unspecified atom stereocenters. The highest BCUT2D eigenvalue weighted by molar-refractivity contribution is 7.88. The molecule has 0 aliphatic heterocycles. The molecule has 0 saturated carbocycles. The Labute approximate surface area is 140 Å². The van der Waals surface area contributed by atoms with Gasteiger partial charge in [-0.3, -0.25) is 0 Å². The molecule has 0 aromatic heterocycles. The number of hydrogen-bond acceptors (Lipinski definition) is 3. The van der Waals surface area contributed by atoms with Crippen molar-refractivity contribution in [3.63, 3.8) is 0 Å². The number of nitrogens with one attached hydrogen (secondary N) is 2. The third kappa shape index (κ3) is 6.39. The Hall–Kier alpha value is -1.02. The minimum Gasteiger partial charge on any atom is -0.338 e. The summed E-state index contributed by atoms with van der Waals surface area (Å²) in [5.41, 5.74) is 0.415. The fraction of sp³-hybridized carbons (Fsp3) is 0.462. The lowest BCUT2D eigenvalue weighted by molar-refractivity contribution is 0.251. The first kappa shape index (κ1) is 19.0. The number of carbonyl (C=O) groups is 1. The second kappa shape index (κ2) is 8.57. The van der Waals surface area contributed by atoms with Crippen LogP contribution >= 0.6 is 23.2 Å². The number of hydrogen-bond donors (Lipinski definition) is 2. The summed E-state index contributed by atoms with van der Waals surface area (Å²) in [5.74, 6) is 0. The largest absolute Gasteiger partial charge is 0.338 e. The number of rotatable bonds is 7. The van der Waals surface area contributed by atoms with Gasteiger partial charge < -0.3 is 10.6 Å². The van der Waals surface area contributed by atoms with E-state index >= 15 is 0 Å². The van der Waals surface area contributed by atoms with E-state index < -0.39 is 16.1 Å². The number of nitrogens with zero attached hydrogens (tertiary/aromatic N) is 1. The highest BCUT2D eigenvalue weighted by atomic mass is 35.5. The maximum absolute atomic E-state index is 11.7. The van der Waals surface area contributed by atoms with Gasteiger partial charge in [0.2, 0.25) is 10.0 Å². The molecule has 2 amide bonds. The number of anilines is 1. The van der Waals surface area contributed by atoms with E-state index in [1.807, 2.05) is 0 Å². The Bertz CT molecular complexity index is 623. The molecule has 124 valence electrons. The zero-order valence-corrected chi connectivity index (χ0v) is 14.7. The van der Waals surface area contributed by atoms with Crippen LogP contribution in [0.15, 0.2) is 18.2 Å². The molecule has 0 saturated heterocycles. The van der Waals surface area contributed by atoms with Gasteiger partial charge in [-0.2, -0.15) is 0 Å². The van der Waals surface area contributed by atoms with Gasteiger partial charge in [0.15, 0.2) is 0 Å².